The number of carbonyl (C=O) groups excluding carboxylic acids is 1. The predicted molar refractivity (Wildman–Crippen MR) is 74.1 cm³/mol. The monoisotopic (exact) mass is 288 g/mol. The summed E-state index contributed by atoms with van der Waals surface area (Å²) in [6.45, 7) is 0.0582. The second-order valence-corrected chi connectivity index (χ2v) is 4.25. The van der Waals surface area contributed by atoms with Gasteiger partial charge in [0, 0.05) is 23.3 Å². The fraction of sp³-hybridized carbons (Fsp3) is 0.0714. The van der Waals surface area contributed by atoms with Crippen molar-refractivity contribution in [2.75, 3.05) is 0 Å². The molecule has 0 saturated carbocycles. The molecular formula is C14H12N2O5. The maximum absolute atomic E-state index is 11.0. The van der Waals surface area contributed by atoms with E-state index in [4.69, 9.17) is 10.5 Å². The molecule has 3 N–H and O–H groups in total. The molecule has 0 aliphatic carbocycles. The second kappa shape index (κ2) is 5.91. The summed E-state index contributed by atoms with van der Waals surface area (Å²) in [7, 11) is 0. The van der Waals surface area contributed by atoms with Crippen molar-refractivity contribution in [3.05, 3.63) is 63.7 Å². The first-order chi connectivity index (χ1) is 9.97. The number of amides is 1. The number of ether oxygens (including phenoxy) is 1. The molecular weight excluding hydrogens is 276 g/mol. The van der Waals surface area contributed by atoms with Gasteiger partial charge in [-0.25, -0.2) is 0 Å². The van der Waals surface area contributed by atoms with E-state index >= 15 is 0 Å². The Bertz CT molecular complexity index is 682. The molecule has 21 heavy (non-hydrogen) atoms. The van der Waals surface area contributed by atoms with Crippen molar-refractivity contribution in [1.29, 1.82) is 0 Å². The van der Waals surface area contributed by atoms with Gasteiger partial charge in [-0.05, 0) is 24.3 Å². The van der Waals surface area contributed by atoms with Gasteiger partial charge in [-0.15, -0.1) is 0 Å². The van der Waals surface area contributed by atoms with E-state index in [2.05, 4.69) is 0 Å². The minimum absolute atomic E-state index is 0.0315. The third-order valence-corrected chi connectivity index (χ3v) is 2.81. The zero-order chi connectivity index (χ0) is 15.4. The van der Waals surface area contributed by atoms with Crippen molar-refractivity contribution in [2.45, 2.75) is 6.61 Å². The molecule has 7 heteroatoms. The van der Waals surface area contributed by atoms with Crippen molar-refractivity contribution in [3.8, 4) is 11.5 Å². The Morgan fingerprint density at radius 2 is 1.90 bits per heavy atom. The van der Waals surface area contributed by atoms with Gasteiger partial charge in [-0.1, -0.05) is 6.07 Å². The topological polar surface area (TPSA) is 116 Å². The highest BCUT2D eigenvalue weighted by atomic mass is 16.6. The number of nitro benzene ring substituents is 1. The predicted octanol–water partition coefficient (Wildman–Crippen LogP) is 1.98. The average molecular weight is 288 g/mol. The van der Waals surface area contributed by atoms with Crippen LogP contribution < -0.4 is 10.5 Å². The molecule has 2 aromatic rings. The molecule has 0 aliphatic rings. The lowest BCUT2D eigenvalue weighted by Gasteiger charge is -2.08. The van der Waals surface area contributed by atoms with Crippen LogP contribution in [-0.4, -0.2) is 15.9 Å². The smallest absolute Gasteiger partial charge is 0.269 e. The van der Waals surface area contributed by atoms with Gasteiger partial charge in [0.15, 0.2) is 0 Å². The number of phenolic OH excluding ortho intramolecular Hbond substituents is 1. The van der Waals surface area contributed by atoms with Gasteiger partial charge < -0.3 is 15.6 Å². The maximum Gasteiger partial charge on any atom is 0.269 e. The van der Waals surface area contributed by atoms with Crippen LogP contribution in [0.2, 0.25) is 0 Å². The lowest BCUT2D eigenvalue weighted by Crippen LogP contribution is -2.10. The number of nitrogens with zero attached hydrogens (tertiary/aromatic N) is 1. The Balaban J connectivity index is 2.06. The molecule has 0 radical (unpaired) electrons. The summed E-state index contributed by atoms with van der Waals surface area (Å²) in [5, 5.41) is 20.3. The molecule has 7 nitrogen and oxygen atoms in total. The SMILES string of the molecule is NC(=O)c1ccc(COc2ccc([N+](=O)[O-])cc2)c(O)c1. The van der Waals surface area contributed by atoms with Crippen molar-refractivity contribution < 1.29 is 19.6 Å². The summed E-state index contributed by atoms with van der Waals surface area (Å²) >= 11 is 0. The van der Waals surface area contributed by atoms with Crippen LogP contribution in [-0.2, 0) is 6.61 Å². The number of phenols is 1. The molecule has 0 atom stereocenters. The van der Waals surface area contributed by atoms with Crippen LogP contribution in [0.1, 0.15) is 15.9 Å². The lowest BCUT2D eigenvalue weighted by molar-refractivity contribution is -0.384. The van der Waals surface area contributed by atoms with Crippen molar-refractivity contribution >= 4 is 11.6 Å². The summed E-state index contributed by atoms with van der Waals surface area (Å²) in [6, 6.07) is 9.85. The molecule has 2 rings (SSSR count). The van der Waals surface area contributed by atoms with Crippen LogP contribution in [0.25, 0.3) is 0 Å². The summed E-state index contributed by atoms with van der Waals surface area (Å²) in [6.07, 6.45) is 0. The quantitative estimate of drug-likeness (QED) is 0.644. The molecule has 0 heterocycles. The normalized spacial score (nSPS) is 10.1. The molecule has 0 unspecified atom stereocenters. The molecule has 0 saturated heterocycles. The number of rotatable bonds is 5. The number of non-ortho nitro benzene ring substituents is 1. The van der Waals surface area contributed by atoms with E-state index in [0.29, 0.717) is 11.3 Å². The number of nitrogens with two attached hydrogens (primary N) is 1. The summed E-state index contributed by atoms with van der Waals surface area (Å²) < 4.78 is 5.41. The summed E-state index contributed by atoms with van der Waals surface area (Å²) in [4.78, 5) is 21.0. The van der Waals surface area contributed by atoms with E-state index in [1.165, 1.54) is 42.5 Å². The second-order valence-electron chi connectivity index (χ2n) is 4.25. The van der Waals surface area contributed by atoms with Crippen molar-refractivity contribution in [1.82, 2.24) is 0 Å². The van der Waals surface area contributed by atoms with Crippen LogP contribution in [0.5, 0.6) is 11.5 Å². The Morgan fingerprint density at radius 3 is 2.43 bits per heavy atom. The highest BCUT2D eigenvalue weighted by Gasteiger charge is 2.08. The van der Waals surface area contributed by atoms with E-state index < -0.39 is 10.8 Å². The molecule has 1 amide bonds. The van der Waals surface area contributed by atoms with Crippen LogP contribution in [0.3, 0.4) is 0 Å². The largest absolute Gasteiger partial charge is 0.508 e. The van der Waals surface area contributed by atoms with Crippen LogP contribution >= 0.6 is 0 Å². The van der Waals surface area contributed by atoms with E-state index in [-0.39, 0.29) is 23.6 Å². The van der Waals surface area contributed by atoms with E-state index in [1.54, 1.807) is 0 Å². The minimum atomic E-state index is -0.631. The van der Waals surface area contributed by atoms with E-state index in [0.717, 1.165) is 0 Å². The number of primary amides is 1. The molecule has 0 aliphatic heterocycles. The molecule has 0 fully saturated rings. The molecule has 0 aromatic heterocycles. The summed E-state index contributed by atoms with van der Waals surface area (Å²) in [5.74, 6) is -0.305. The van der Waals surface area contributed by atoms with Gasteiger partial charge in [-0.2, -0.15) is 0 Å². The van der Waals surface area contributed by atoms with Gasteiger partial charge in [-0.3, -0.25) is 14.9 Å². The first-order valence-corrected chi connectivity index (χ1v) is 5.96. The fourth-order valence-corrected chi connectivity index (χ4v) is 1.66. The highest BCUT2D eigenvalue weighted by Crippen LogP contribution is 2.22. The van der Waals surface area contributed by atoms with Crippen LogP contribution in [0.4, 0.5) is 5.69 Å². The number of hydrogen-bond donors (Lipinski definition) is 2. The Labute approximate surface area is 119 Å². The standard InChI is InChI=1S/C14H12N2O5/c15-14(18)9-1-2-10(13(17)7-9)8-21-12-5-3-11(4-6-12)16(19)20/h1-7,17H,8H2,(H2,15,18). The zero-order valence-corrected chi connectivity index (χ0v) is 10.9. The third kappa shape index (κ3) is 3.47. The van der Waals surface area contributed by atoms with Gasteiger partial charge in [0.25, 0.3) is 5.69 Å². The number of nitro groups is 1. The minimum Gasteiger partial charge on any atom is -0.508 e. The molecule has 0 spiro atoms. The Hall–Kier alpha value is -3.09. The van der Waals surface area contributed by atoms with E-state index in [1.807, 2.05) is 0 Å². The zero-order valence-electron chi connectivity index (χ0n) is 10.9. The summed E-state index contributed by atoms with van der Waals surface area (Å²) in [5.41, 5.74) is 5.74. The molecule has 108 valence electrons. The van der Waals surface area contributed by atoms with Crippen molar-refractivity contribution in [3.63, 3.8) is 0 Å². The van der Waals surface area contributed by atoms with Crippen molar-refractivity contribution in [2.24, 2.45) is 5.73 Å². The van der Waals surface area contributed by atoms with Crippen LogP contribution in [0, 0.1) is 10.1 Å². The van der Waals surface area contributed by atoms with E-state index in [9.17, 15) is 20.0 Å². The number of hydrogen-bond acceptors (Lipinski definition) is 5. The number of aromatic hydroxyl groups is 1. The highest BCUT2D eigenvalue weighted by molar-refractivity contribution is 5.93. The van der Waals surface area contributed by atoms with Gasteiger partial charge in [0.1, 0.15) is 18.1 Å². The third-order valence-electron chi connectivity index (χ3n) is 2.81. The van der Waals surface area contributed by atoms with Gasteiger partial charge in [0.05, 0.1) is 4.92 Å². The van der Waals surface area contributed by atoms with Crippen LogP contribution in [0.15, 0.2) is 42.5 Å². The lowest BCUT2D eigenvalue weighted by atomic mass is 10.1. The fourth-order valence-electron chi connectivity index (χ4n) is 1.66. The first kappa shape index (κ1) is 14.3. The van der Waals surface area contributed by atoms with Gasteiger partial charge in [0.2, 0.25) is 5.91 Å². The molecule has 2 aromatic carbocycles. The average Bonchev–Trinajstić information content (AvgIpc) is 2.46. The molecule has 0 bridgehead atoms. The van der Waals surface area contributed by atoms with Gasteiger partial charge >= 0.3 is 0 Å². The Morgan fingerprint density at radius 1 is 1.24 bits per heavy atom. The number of benzene rings is 2. The first-order valence-electron chi connectivity index (χ1n) is 5.96. The maximum atomic E-state index is 11.0. The number of carbonyl (C=O) groups is 1. The Kier molecular flexibility index (Phi) is 4.03.